The fourth-order valence-corrected chi connectivity index (χ4v) is 2.83. The summed E-state index contributed by atoms with van der Waals surface area (Å²) in [5.74, 6) is -1.10. The minimum absolute atomic E-state index is 0.0345. The number of likely N-dealkylation sites (tertiary alicyclic amines) is 1. The molecule has 1 aliphatic heterocycles. The highest BCUT2D eigenvalue weighted by molar-refractivity contribution is 5.94. The smallest absolute Gasteiger partial charge is 0.326 e. The number of benzene rings is 1. The van der Waals surface area contributed by atoms with Crippen LogP contribution in [0.3, 0.4) is 0 Å². The van der Waals surface area contributed by atoms with E-state index in [0.29, 0.717) is 5.69 Å². The number of carboxylic acid groups (broad SMARTS) is 1. The lowest BCUT2D eigenvalue weighted by Crippen LogP contribution is -2.43. The zero-order chi connectivity index (χ0) is 15.7. The summed E-state index contributed by atoms with van der Waals surface area (Å²) in [6.45, 7) is 5.79. The molecule has 0 bridgehead atoms. The molecule has 0 spiro atoms. The number of aryl methyl sites for hydroxylation is 3. The first-order valence-electron chi connectivity index (χ1n) is 6.86. The highest BCUT2D eigenvalue weighted by atomic mass is 16.4. The molecule has 1 aliphatic rings. The number of carbonyl (C=O) groups excluding carboxylic acids is 1. The summed E-state index contributed by atoms with van der Waals surface area (Å²) in [7, 11) is 0. The lowest BCUT2D eigenvalue weighted by Gasteiger charge is -2.23. The van der Waals surface area contributed by atoms with E-state index >= 15 is 0 Å². The summed E-state index contributed by atoms with van der Waals surface area (Å²) in [6.07, 6.45) is -0.730. The molecule has 0 radical (unpaired) electrons. The van der Waals surface area contributed by atoms with Crippen molar-refractivity contribution in [2.24, 2.45) is 0 Å². The summed E-state index contributed by atoms with van der Waals surface area (Å²) in [4.78, 5) is 24.6. The highest BCUT2D eigenvalue weighted by Gasteiger charge is 2.39. The lowest BCUT2D eigenvalue weighted by molar-refractivity contribution is -0.141. The molecule has 21 heavy (non-hydrogen) atoms. The number of carbonyl (C=O) groups is 2. The van der Waals surface area contributed by atoms with Gasteiger partial charge in [-0.15, -0.1) is 0 Å². The van der Waals surface area contributed by atoms with Gasteiger partial charge in [-0.25, -0.2) is 9.59 Å². The fourth-order valence-electron chi connectivity index (χ4n) is 2.83. The molecular formula is C15H20N2O4. The zero-order valence-electron chi connectivity index (χ0n) is 12.4. The van der Waals surface area contributed by atoms with Gasteiger partial charge in [0.25, 0.3) is 0 Å². The largest absolute Gasteiger partial charge is 0.480 e. The monoisotopic (exact) mass is 292 g/mol. The van der Waals surface area contributed by atoms with Gasteiger partial charge in [-0.1, -0.05) is 17.7 Å². The van der Waals surface area contributed by atoms with Crippen LogP contribution >= 0.6 is 0 Å². The van der Waals surface area contributed by atoms with E-state index in [0.717, 1.165) is 16.7 Å². The van der Waals surface area contributed by atoms with Gasteiger partial charge in [-0.05, 0) is 31.9 Å². The van der Waals surface area contributed by atoms with E-state index in [2.05, 4.69) is 5.32 Å². The van der Waals surface area contributed by atoms with Crippen molar-refractivity contribution >= 4 is 17.7 Å². The molecule has 3 N–H and O–H groups in total. The van der Waals surface area contributed by atoms with Crippen LogP contribution in [0.5, 0.6) is 0 Å². The topological polar surface area (TPSA) is 89.9 Å². The van der Waals surface area contributed by atoms with Crippen LogP contribution in [0.25, 0.3) is 0 Å². The summed E-state index contributed by atoms with van der Waals surface area (Å²) in [5, 5.41) is 21.5. The van der Waals surface area contributed by atoms with Gasteiger partial charge in [0, 0.05) is 18.7 Å². The Hall–Kier alpha value is -2.08. The number of β-amino-alcohol motifs (C(OH)–C–C–N with tert-alkyl or cyclic N) is 1. The average molecular weight is 292 g/mol. The third kappa shape index (κ3) is 3.16. The molecule has 0 unspecified atom stereocenters. The number of amides is 2. The van der Waals surface area contributed by atoms with Gasteiger partial charge >= 0.3 is 12.0 Å². The molecule has 2 rings (SSSR count). The maximum atomic E-state index is 12.3. The van der Waals surface area contributed by atoms with Gasteiger partial charge in [0.05, 0.1) is 6.10 Å². The number of aliphatic carboxylic acids is 1. The Bertz CT molecular complexity index is 562. The number of urea groups is 1. The molecule has 2 atom stereocenters. The second kappa shape index (κ2) is 5.73. The Morgan fingerprint density at radius 2 is 1.81 bits per heavy atom. The van der Waals surface area contributed by atoms with Crippen molar-refractivity contribution in [1.82, 2.24) is 4.90 Å². The summed E-state index contributed by atoms with van der Waals surface area (Å²) in [6, 6.07) is 2.44. The maximum absolute atomic E-state index is 12.3. The number of nitrogens with zero attached hydrogens (tertiary/aromatic N) is 1. The Morgan fingerprint density at radius 1 is 1.24 bits per heavy atom. The number of hydrogen-bond donors (Lipinski definition) is 3. The average Bonchev–Trinajstić information content (AvgIpc) is 2.76. The molecule has 0 saturated carbocycles. The van der Waals surface area contributed by atoms with E-state index in [4.69, 9.17) is 5.11 Å². The molecule has 0 aliphatic carbocycles. The van der Waals surface area contributed by atoms with Gasteiger partial charge in [0.15, 0.2) is 0 Å². The number of anilines is 1. The summed E-state index contributed by atoms with van der Waals surface area (Å²) in [5.41, 5.74) is 3.64. The summed E-state index contributed by atoms with van der Waals surface area (Å²) >= 11 is 0. The Morgan fingerprint density at radius 3 is 2.33 bits per heavy atom. The van der Waals surface area contributed by atoms with Gasteiger partial charge in [0.2, 0.25) is 0 Å². The first-order chi connectivity index (χ1) is 9.79. The van der Waals surface area contributed by atoms with Crippen molar-refractivity contribution in [3.8, 4) is 0 Å². The van der Waals surface area contributed by atoms with E-state index in [1.165, 1.54) is 4.90 Å². The van der Waals surface area contributed by atoms with Crippen LogP contribution in [-0.4, -0.2) is 45.8 Å². The molecule has 0 aromatic heterocycles. The number of rotatable bonds is 2. The van der Waals surface area contributed by atoms with E-state index < -0.39 is 24.1 Å². The lowest BCUT2D eigenvalue weighted by atomic mass is 10.1. The molecule has 2 amide bonds. The van der Waals surface area contributed by atoms with Crippen molar-refractivity contribution in [3.05, 3.63) is 28.8 Å². The zero-order valence-corrected chi connectivity index (χ0v) is 12.4. The van der Waals surface area contributed by atoms with Crippen LogP contribution in [0.15, 0.2) is 12.1 Å². The van der Waals surface area contributed by atoms with Crippen LogP contribution in [0.4, 0.5) is 10.5 Å². The molecule has 6 heteroatoms. The molecule has 1 aromatic carbocycles. The van der Waals surface area contributed by atoms with Gasteiger partial charge < -0.3 is 20.4 Å². The minimum Gasteiger partial charge on any atom is -0.480 e. The van der Waals surface area contributed by atoms with E-state index in [1.54, 1.807) is 0 Å². The maximum Gasteiger partial charge on any atom is 0.326 e. The van der Waals surface area contributed by atoms with Crippen molar-refractivity contribution in [3.63, 3.8) is 0 Å². The number of aliphatic hydroxyl groups excluding tert-OH is 1. The third-order valence-corrected chi connectivity index (χ3v) is 3.73. The van der Waals surface area contributed by atoms with Crippen molar-refractivity contribution in [1.29, 1.82) is 0 Å². The van der Waals surface area contributed by atoms with Crippen LogP contribution in [0.1, 0.15) is 23.1 Å². The number of carboxylic acids is 1. The fraction of sp³-hybridized carbons (Fsp3) is 0.467. The Labute approximate surface area is 123 Å². The van der Waals surface area contributed by atoms with E-state index in [9.17, 15) is 14.7 Å². The van der Waals surface area contributed by atoms with Gasteiger partial charge in [-0.2, -0.15) is 0 Å². The normalized spacial score (nSPS) is 21.4. The SMILES string of the molecule is Cc1cc(C)c(NC(=O)N2C[C@H](O)C[C@H]2C(=O)O)c(C)c1. The minimum atomic E-state index is -1.10. The number of nitrogens with one attached hydrogen (secondary N) is 1. The third-order valence-electron chi connectivity index (χ3n) is 3.73. The molecule has 6 nitrogen and oxygen atoms in total. The molecule has 1 fully saturated rings. The van der Waals surface area contributed by atoms with Crippen molar-refractivity contribution in [2.75, 3.05) is 11.9 Å². The molecule has 1 aromatic rings. The van der Waals surface area contributed by atoms with E-state index in [1.807, 2.05) is 32.9 Å². The van der Waals surface area contributed by atoms with Crippen LogP contribution in [0.2, 0.25) is 0 Å². The van der Waals surface area contributed by atoms with Crippen molar-refractivity contribution < 1.29 is 19.8 Å². The van der Waals surface area contributed by atoms with Crippen molar-refractivity contribution in [2.45, 2.75) is 39.3 Å². The quantitative estimate of drug-likeness (QED) is 0.773. The molecular weight excluding hydrogens is 272 g/mol. The first kappa shape index (κ1) is 15.3. The number of hydrogen-bond acceptors (Lipinski definition) is 3. The standard InChI is InChI=1S/C15H20N2O4/c1-8-4-9(2)13(10(3)5-8)16-15(21)17-7-11(18)6-12(17)14(19)20/h4-5,11-12,18H,6-7H2,1-3H3,(H,16,21)(H,19,20)/t11-,12+/m1/s1. The second-order valence-electron chi connectivity index (χ2n) is 5.60. The van der Waals surface area contributed by atoms with Crippen LogP contribution < -0.4 is 5.32 Å². The van der Waals surface area contributed by atoms with Gasteiger partial charge in [0.1, 0.15) is 6.04 Å². The molecule has 114 valence electrons. The Balaban J connectivity index is 2.20. The first-order valence-corrected chi connectivity index (χ1v) is 6.86. The van der Waals surface area contributed by atoms with Crippen LogP contribution in [0, 0.1) is 20.8 Å². The van der Waals surface area contributed by atoms with E-state index in [-0.39, 0.29) is 13.0 Å². The Kier molecular flexibility index (Phi) is 4.18. The van der Waals surface area contributed by atoms with Crippen LogP contribution in [-0.2, 0) is 4.79 Å². The number of aliphatic hydroxyl groups is 1. The van der Waals surface area contributed by atoms with Gasteiger partial charge in [-0.3, -0.25) is 0 Å². The summed E-state index contributed by atoms with van der Waals surface area (Å²) < 4.78 is 0. The second-order valence-corrected chi connectivity index (χ2v) is 5.60. The predicted octanol–water partition coefficient (Wildman–Crippen LogP) is 1.66. The molecule has 1 saturated heterocycles. The highest BCUT2D eigenvalue weighted by Crippen LogP contribution is 2.24. The predicted molar refractivity (Wildman–Crippen MR) is 78.4 cm³/mol. The molecule has 1 heterocycles.